The molecule has 0 saturated carbocycles. The lowest BCUT2D eigenvalue weighted by Gasteiger charge is -2.13. The lowest BCUT2D eigenvalue weighted by Crippen LogP contribution is -2.31. The van der Waals surface area contributed by atoms with Crippen molar-refractivity contribution in [3.8, 4) is 11.5 Å². The smallest absolute Gasteiger partial charge is 0.323 e. The molecule has 2 atom stereocenters. The van der Waals surface area contributed by atoms with Crippen molar-refractivity contribution in [2.75, 3.05) is 20.8 Å². The van der Waals surface area contributed by atoms with Crippen molar-refractivity contribution in [1.82, 2.24) is 5.32 Å². The molecular formula is C13H18ClNO4. The van der Waals surface area contributed by atoms with Crippen molar-refractivity contribution < 1.29 is 19.0 Å². The molecule has 1 aliphatic heterocycles. The standard InChI is InChI=1S/C13H17NO4.ClH/c1-16-9-3-5-10(6-4-9)18-11-7-12(14-8-11)13(15)17-2;/h3-6,11-12,14H,7-8H2,1-2H3;1H/t11-,12-;/m1./s1. The highest BCUT2D eigenvalue weighted by atomic mass is 35.5. The van der Waals surface area contributed by atoms with Crippen molar-refractivity contribution in [3.05, 3.63) is 24.3 Å². The average Bonchev–Trinajstić information content (AvgIpc) is 2.87. The third-order valence-electron chi connectivity index (χ3n) is 2.94. The van der Waals surface area contributed by atoms with Gasteiger partial charge in [-0.05, 0) is 24.3 Å². The summed E-state index contributed by atoms with van der Waals surface area (Å²) in [7, 11) is 3.01. The van der Waals surface area contributed by atoms with Crippen LogP contribution in [0.25, 0.3) is 0 Å². The molecule has 6 heteroatoms. The highest BCUT2D eigenvalue weighted by molar-refractivity contribution is 5.85. The summed E-state index contributed by atoms with van der Waals surface area (Å²) in [6.07, 6.45) is 0.612. The van der Waals surface area contributed by atoms with Gasteiger partial charge in [0.2, 0.25) is 0 Å². The first kappa shape index (κ1) is 15.6. The number of carbonyl (C=O) groups is 1. The fourth-order valence-electron chi connectivity index (χ4n) is 1.96. The van der Waals surface area contributed by atoms with Gasteiger partial charge in [-0.25, -0.2) is 0 Å². The van der Waals surface area contributed by atoms with Gasteiger partial charge >= 0.3 is 5.97 Å². The summed E-state index contributed by atoms with van der Waals surface area (Å²) in [5.74, 6) is 1.32. The Kier molecular flexibility index (Phi) is 5.92. The van der Waals surface area contributed by atoms with Crippen molar-refractivity contribution in [2.24, 2.45) is 0 Å². The second kappa shape index (κ2) is 7.21. The van der Waals surface area contributed by atoms with Gasteiger partial charge in [-0.15, -0.1) is 12.4 Å². The fraction of sp³-hybridized carbons (Fsp3) is 0.462. The minimum atomic E-state index is -0.266. The van der Waals surface area contributed by atoms with E-state index in [-0.39, 0.29) is 30.5 Å². The summed E-state index contributed by atoms with van der Waals surface area (Å²) in [5, 5.41) is 3.08. The Morgan fingerprint density at radius 3 is 2.42 bits per heavy atom. The molecule has 0 aliphatic carbocycles. The van der Waals surface area contributed by atoms with Crippen molar-refractivity contribution in [2.45, 2.75) is 18.6 Å². The first-order valence-electron chi connectivity index (χ1n) is 5.85. The molecule has 0 amide bonds. The van der Waals surface area contributed by atoms with E-state index in [9.17, 15) is 4.79 Å². The second-order valence-corrected chi connectivity index (χ2v) is 4.14. The minimum absolute atomic E-state index is 0. The van der Waals surface area contributed by atoms with E-state index in [4.69, 9.17) is 9.47 Å². The first-order valence-corrected chi connectivity index (χ1v) is 5.85. The van der Waals surface area contributed by atoms with E-state index in [0.29, 0.717) is 13.0 Å². The van der Waals surface area contributed by atoms with Gasteiger partial charge in [0.25, 0.3) is 0 Å². The zero-order valence-corrected chi connectivity index (χ0v) is 11.7. The normalized spacial score (nSPS) is 21.4. The molecule has 1 saturated heterocycles. The summed E-state index contributed by atoms with van der Waals surface area (Å²) in [4.78, 5) is 11.3. The monoisotopic (exact) mass is 287 g/mol. The number of hydrogen-bond acceptors (Lipinski definition) is 5. The average molecular weight is 288 g/mol. The Balaban J connectivity index is 0.00000180. The Bertz CT molecular complexity index is 410. The van der Waals surface area contributed by atoms with E-state index >= 15 is 0 Å². The Labute approximate surface area is 118 Å². The van der Waals surface area contributed by atoms with Gasteiger partial charge in [0, 0.05) is 13.0 Å². The van der Waals surface area contributed by atoms with Crippen LogP contribution in [-0.4, -0.2) is 38.9 Å². The summed E-state index contributed by atoms with van der Waals surface area (Å²) in [5.41, 5.74) is 0. The van der Waals surface area contributed by atoms with Gasteiger partial charge in [-0.3, -0.25) is 4.79 Å². The van der Waals surface area contributed by atoms with E-state index in [2.05, 4.69) is 10.1 Å². The molecule has 0 radical (unpaired) electrons. The minimum Gasteiger partial charge on any atom is -0.497 e. The van der Waals surface area contributed by atoms with Crippen LogP contribution in [0.3, 0.4) is 0 Å². The number of hydrogen-bond donors (Lipinski definition) is 1. The van der Waals surface area contributed by atoms with E-state index in [1.807, 2.05) is 24.3 Å². The van der Waals surface area contributed by atoms with E-state index in [0.717, 1.165) is 11.5 Å². The van der Waals surface area contributed by atoms with Gasteiger partial charge in [0.1, 0.15) is 23.6 Å². The molecule has 19 heavy (non-hydrogen) atoms. The number of benzene rings is 1. The molecule has 1 aromatic rings. The molecule has 0 aromatic heterocycles. The predicted molar refractivity (Wildman–Crippen MR) is 73.1 cm³/mol. The molecule has 5 nitrogen and oxygen atoms in total. The summed E-state index contributed by atoms with van der Waals surface area (Å²) in [6, 6.07) is 7.12. The maximum atomic E-state index is 11.3. The molecule has 0 spiro atoms. The number of methoxy groups -OCH3 is 2. The lowest BCUT2D eigenvalue weighted by atomic mass is 10.2. The van der Waals surface area contributed by atoms with E-state index in [1.165, 1.54) is 7.11 Å². The van der Waals surface area contributed by atoms with Crippen LogP contribution in [0, 0.1) is 0 Å². The molecule has 0 bridgehead atoms. The van der Waals surface area contributed by atoms with Gasteiger partial charge < -0.3 is 19.5 Å². The van der Waals surface area contributed by atoms with Crippen LogP contribution in [0.5, 0.6) is 11.5 Å². The highest BCUT2D eigenvalue weighted by Crippen LogP contribution is 2.21. The molecule has 1 heterocycles. The predicted octanol–water partition coefficient (Wildman–Crippen LogP) is 1.40. The molecule has 106 valence electrons. The van der Waals surface area contributed by atoms with Crippen molar-refractivity contribution in [1.29, 1.82) is 0 Å². The summed E-state index contributed by atoms with van der Waals surface area (Å²) >= 11 is 0. The third-order valence-corrected chi connectivity index (χ3v) is 2.94. The van der Waals surface area contributed by atoms with Crippen molar-refractivity contribution >= 4 is 18.4 Å². The summed E-state index contributed by atoms with van der Waals surface area (Å²) in [6.45, 7) is 0.645. The number of nitrogens with one attached hydrogen (secondary N) is 1. The molecule has 0 unspecified atom stereocenters. The Morgan fingerprint density at radius 2 is 1.84 bits per heavy atom. The highest BCUT2D eigenvalue weighted by Gasteiger charge is 2.31. The van der Waals surface area contributed by atoms with Gasteiger partial charge in [-0.1, -0.05) is 0 Å². The third kappa shape index (κ3) is 4.01. The van der Waals surface area contributed by atoms with Crippen LogP contribution in [-0.2, 0) is 9.53 Å². The largest absolute Gasteiger partial charge is 0.497 e. The van der Waals surface area contributed by atoms with Crippen LogP contribution in [0.15, 0.2) is 24.3 Å². The topological polar surface area (TPSA) is 56.8 Å². The fourth-order valence-corrected chi connectivity index (χ4v) is 1.96. The quantitative estimate of drug-likeness (QED) is 0.849. The lowest BCUT2D eigenvalue weighted by molar-refractivity contribution is -0.142. The van der Waals surface area contributed by atoms with Crippen LogP contribution in [0.2, 0.25) is 0 Å². The molecule has 1 aliphatic rings. The van der Waals surface area contributed by atoms with Crippen molar-refractivity contribution in [3.63, 3.8) is 0 Å². The zero-order chi connectivity index (χ0) is 13.0. The van der Waals surface area contributed by atoms with Crippen LogP contribution in [0.1, 0.15) is 6.42 Å². The number of rotatable bonds is 4. The molecule has 1 N–H and O–H groups in total. The maximum absolute atomic E-state index is 11.3. The summed E-state index contributed by atoms with van der Waals surface area (Å²) < 4.78 is 15.5. The van der Waals surface area contributed by atoms with E-state index in [1.54, 1.807) is 7.11 Å². The zero-order valence-electron chi connectivity index (χ0n) is 10.9. The Morgan fingerprint density at radius 1 is 1.21 bits per heavy atom. The second-order valence-electron chi connectivity index (χ2n) is 4.14. The first-order chi connectivity index (χ1) is 8.72. The Hall–Kier alpha value is -1.46. The molecule has 1 fully saturated rings. The molecular weight excluding hydrogens is 270 g/mol. The number of esters is 1. The van der Waals surface area contributed by atoms with E-state index < -0.39 is 0 Å². The van der Waals surface area contributed by atoms with Crippen LogP contribution < -0.4 is 14.8 Å². The van der Waals surface area contributed by atoms with Gasteiger partial charge in [-0.2, -0.15) is 0 Å². The van der Waals surface area contributed by atoms with Gasteiger partial charge in [0.15, 0.2) is 0 Å². The number of halogens is 1. The molecule has 1 aromatic carbocycles. The van der Waals surface area contributed by atoms with Gasteiger partial charge in [0.05, 0.1) is 14.2 Å². The van der Waals surface area contributed by atoms with Crippen LogP contribution in [0.4, 0.5) is 0 Å². The maximum Gasteiger partial charge on any atom is 0.323 e. The number of carbonyl (C=O) groups excluding carboxylic acids is 1. The van der Waals surface area contributed by atoms with Crippen LogP contribution >= 0.6 is 12.4 Å². The SMILES string of the molecule is COC(=O)[C@H]1C[C@@H](Oc2ccc(OC)cc2)CN1.Cl. The number of ether oxygens (including phenoxy) is 3. The molecule has 2 rings (SSSR count).